The summed E-state index contributed by atoms with van der Waals surface area (Å²) < 4.78 is 5.38. The molecule has 2 aromatic carbocycles. The molecular formula is C18H23N3O2. The maximum atomic E-state index is 10.9. The van der Waals surface area contributed by atoms with E-state index in [-0.39, 0.29) is 0 Å². The molecule has 0 fully saturated rings. The minimum atomic E-state index is -0.556. The number of aryl methyl sites for hydroxylation is 2. The lowest BCUT2D eigenvalue weighted by atomic mass is 10.1. The first-order chi connectivity index (χ1) is 11.0. The van der Waals surface area contributed by atoms with Crippen molar-refractivity contribution in [2.24, 2.45) is 5.73 Å². The Morgan fingerprint density at radius 2 is 1.74 bits per heavy atom. The van der Waals surface area contributed by atoms with Gasteiger partial charge in [-0.05, 0) is 48.2 Å². The molecule has 23 heavy (non-hydrogen) atoms. The van der Waals surface area contributed by atoms with Gasteiger partial charge in [0.15, 0.2) is 0 Å². The molecule has 5 heteroatoms. The van der Waals surface area contributed by atoms with Crippen LogP contribution in [-0.4, -0.2) is 13.1 Å². The predicted molar refractivity (Wildman–Crippen MR) is 92.7 cm³/mol. The second kappa shape index (κ2) is 7.65. The molecule has 0 atom stereocenters. The number of hydrogen-bond acceptors (Lipinski definition) is 3. The van der Waals surface area contributed by atoms with Crippen molar-refractivity contribution in [2.75, 3.05) is 12.4 Å². The molecule has 4 N–H and O–H groups in total. The Morgan fingerprint density at radius 1 is 1.09 bits per heavy atom. The van der Waals surface area contributed by atoms with E-state index in [2.05, 4.69) is 22.8 Å². The zero-order chi connectivity index (χ0) is 16.8. The molecule has 0 aliphatic heterocycles. The first-order valence-electron chi connectivity index (χ1n) is 7.50. The van der Waals surface area contributed by atoms with Crippen LogP contribution in [0.5, 0.6) is 5.75 Å². The van der Waals surface area contributed by atoms with E-state index in [1.165, 1.54) is 5.56 Å². The van der Waals surface area contributed by atoms with Crippen molar-refractivity contribution in [1.82, 2.24) is 5.32 Å². The van der Waals surface area contributed by atoms with E-state index in [0.717, 1.165) is 29.0 Å². The summed E-state index contributed by atoms with van der Waals surface area (Å²) in [5, 5.41) is 5.98. The number of urea groups is 1. The van der Waals surface area contributed by atoms with Crippen molar-refractivity contribution in [3.63, 3.8) is 0 Å². The summed E-state index contributed by atoms with van der Waals surface area (Å²) in [5.41, 5.74) is 10.4. The largest absolute Gasteiger partial charge is 0.496 e. The number of hydrogen-bond donors (Lipinski definition) is 3. The summed E-state index contributed by atoms with van der Waals surface area (Å²) in [6, 6.07) is 11.3. The van der Waals surface area contributed by atoms with E-state index in [1.807, 2.05) is 38.1 Å². The van der Waals surface area contributed by atoms with Gasteiger partial charge in [0.2, 0.25) is 0 Å². The summed E-state index contributed by atoms with van der Waals surface area (Å²) >= 11 is 0. The van der Waals surface area contributed by atoms with Crippen molar-refractivity contribution >= 4 is 11.7 Å². The van der Waals surface area contributed by atoms with Crippen LogP contribution in [0.15, 0.2) is 36.4 Å². The summed E-state index contributed by atoms with van der Waals surface area (Å²) in [6.45, 7) is 5.57. The number of benzene rings is 2. The Kier molecular flexibility index (Phi) is 5.60. The zero-order valence-corrected chi connectivity index (χ0v) is 13.8. The molecule has 2 aromatic rings. The lowest BCUT2D eigenvalue weighted by Crippen LogP contribution is -2.19. The van der Waals surface area contributed by atoms with Crippen molar-refractivity contribution in [3.8, 4) is 5.75 Å². The predicted octanol–water partition coefficient (Wildman–Crippen LogP) is 3.09. The molecule has 0 unspecified atom stereocenters. The van der Waals surface area contributed by atoms with Gasteiger partial charge < -0.3 is 21.1 Å². The fourth-order valence-corrected chi connectivity index (χ4v) is 2.72. The Balaban J connectivity index is 1.96. The highest BCUT2D eigenvalue weighted by molar-refractivity contribution is 5.87. The van der Waals surface area contributed by atoms with Crippen LogP contribution < -0.4 is 21.1 Å². The summed E-state index contributed by atoms with van der Waals surface area (Å²) in [4.78, 5) is 10.9. The maximum Gasteiger partial charge on any atom is 0.316 e. The number of carbonyl (C=O) groups is 1. The molecule has 0 heterocycles. The fourth-order valence-electron chi connectivity index (χ4n) is 2.72. The average Bonchev–Trinajstić information content (AvgIpc) is 2.46. The van der Waals surface area contributed by atoms with Gasteiger partial charge in [0.1, 0.15) is 5.75 Å². The zero-order valence-electron chi connectivity index (χ0n) is 13.8. The molecule has 0 bridgehead atoms. The average molecular weight is 313 g/mol. The number of amides is 2. The number of carbonyl (C=O) groups excluding carboxylic acids is 1. The van der Waals surface area contributed by atoms with Crippen molar-refractivity contribution in [3.05, 3.63) is 58.7 Å². The SMILES string of the molecule is COc1c(C)cc(CNCc2cccc(NC(N)=O)c2)cc1C. The highest BCUT2D eigenvalue weighted by Gasteiger charge is 2.05. The first kappa shape index (κ1) is 16.8. The van der Waals surface area contributed by atoms with Crippen LogP contribution in [0.2, 0.25) is 0 Å². The smallest absolute Gasteiger partial charge is 0.316 e. The second-order valence-corrected chi connectivity index (χ2v) is 5.56. The minimum absolute atomic E-state index is 0.556. The molecule has 0 radical (unpaired) electrons. The molecule has 0 saturated carbocycles. The first-order valence-corrected chi connectivity index (χ1v) is 7.50. The van der Waals surface area contributed by atoms with Gasteiger partial charge in [-0.1, -0.05) is 24.3 Å². The van der Waals surface area contributed by atoms with Crippen molar-refractivity contribution in [2.45, 2.75) is 26.9 Å². The van der Waals surface area contributed by atoms with E-state index >= 15 is 0 Å². The standard InChI is InChI=1S/C18H23N3O2/c1-12-7-15(8-13(2)17(12)23-3)11-20-10-14-5-4-6-16(9-14)21-18(19)22/h4-9,20H,10-11H2,1-3H3,(H3,19,21,22). The molecule has 122 valence electrons. The molecular weight excluding hydrogens is 290 g/mol. The third-order valence-corrected chi connectivity index (χ3v) is 3.58. The molecule has 0 saturated heterocycles. The number of nitrogens with one attached hydrogen (secondary N) is 2. The Morgan fingerprint density at radius 3 is 2.35 bits per heavy atom. The van der Waals surface area contributed by atoms with Gasteiger partial charge in [-0.2, -0.15) is 0 Å². The van der Waals surface area contributed by atoms with Crippen LogP contribution in [-0.2, 0) is 13.1 Å². The fraction of sp³-hybridized carbons (Fsp3) is 0.278. The van der Waals surface area contributed by atoms with Crippen molar-refractivity contribution < 1.29 is 9.53 Å². The van der Waals surface area contributed by atoms with E-state index in [0.29, 0.717) is 12.2 Å². The van der Waals surface area contributed by atoms with Crippen molar-refractivity contribution in [1.29, 1.82) is 0 Å². The van der Waals surface area contributed by atoms with Crippen LogP contribution in [0.1, 0.15) is 22.3 Å². The molecule has 0 spiro atoms. The monoisotopic (exact) mass is 313 g/mol. The van der Waals surface area contributed by atoms with E-state index < -0.39 is 6.03 Å². The van der Waals surface area contributed by atoms with E-state index in [9.17, 15) is 4.79 Å². The molecule has 0 aliphatic carbocycles. The molecule has 2 rings (SSSR count). The minimum Gasteiger partial charge on any atom is -0.496 e. The van der Waals surface area contributed by atoms with Gasteiger partial charge in [0, 0.05) is 18.8 Å². The van der Waals surface area contributed by atoms with Crippen LogP contribution in [0.3, 0.4) is 0 Å². The van der Waals surface area contributed by atoms with Gasteiger partial charge in [0.25, 0.3) is 0 Å². The van der Waals surface area contributed by atoms with E-state index in [1.54, 1.807) is 7.11 Å². The molecule has 2 amide bonds. The summed E-state index contributed by atoms with van der Waals surface area (Å²) in [6.07, 6.45) is 0. The van der Waals surface area contributed by atoms with Gasteiger partial charge in [-0.3, -0.25) is 0 Å². The van der Waals surface area contributed by atoms with Crippen LogP contribution in [0.25, 0.3) is 0 Å². The van der Waals surface area contributed by atoms with Gasteiger partial charge in [-0.15, -0.1) is 0 Å². The second-order valence-electron chi connectivity index (χ2n) is 5.56. The Bertz CT molecular complexity index is 675. The van der Waals surface area contributed by atoms with Crippen LogP contribution in [0, 0.1) is 13.8 Å². The number of nitrogens with two attached hydrogens (primary N) is 1. The number of rotatable bonds is 6. The van der Waals surface area contributed by atoms with Gasteiger partial charge in [-0.25, -0.2) is 4.79 Å². The number of primary amides is 1. The summed E-state index contributed by atoms with van der Waals surface area (Å²) in [5.74, 6) is 0.943. The van der Waals surface area contributed by atoms with Gasteiger partial charge >= 0.3 is 6.03 Å². The lowest BCUT2D eigenvalue weighted by Gasteiger charge is -2.12. The highest BCUT2D eigenvalue weighted by Crippen LogP contribution is 2.24. The Hall–Kier alpha value is -2.53. The number of methoxy groups -OCH3 is 1. The normalized spacial score (nSPS) is 10.4. The highest BCUT2D eigenvalue weighted by atomic mass is 16.5. The topological polar surface area (TPSA) is 76.4 Å². The third-order valence-electron chi connectivity index (χ3n) is 3.58. The number of ether oxygens (including phenoxy) is 1. The lowest BCUT2D eigenvalue weighted by molar-refractivity contribution is 0.259. The molecule has 0 aliphatic rings. The quantitative estimate of drug-likeness (QED) is 0.767. The Labute approximate surface area is 136 Å². The third kappa shape index (κ3) is 4.72. The number of anilines is 1. The molecule has 0 aromatic heterocycles. The van der Waals surface area contributed by atoms with Crippen LogP contribution >= 0.6 is 0 Å². The van der Waals surface area contributed by atoms with E-state index in [4.69, 9.17) is 10.5 Å². The van der Waals surface area contributed by atoms with Gasteiger partial charge in [0.05, 0.1) is 7.11 Å². The maximum absolute atomic E-state index is 10.9. The summed E-state index contributed by atoms with van der Waals surface area (Å²) in [7, 11) is 1.69. The molecule has 5 nitrogen and oxygen atoms in total. The van der Waals surface area contributed by atoms with Crippen LogP contribution in [0.4, 0.5) is 10.5 Å².